The fraction of sp³-hybridized carbons (Fsp3) is 0.231. The Bertz CT molecular complexity index is 863. The van der Waals surface area contributed by atoms with Gasteiger partial charge in [-0.1, -0.05) is 37.1 Å². The van der Waals surface area contributed by atoms with Gasteiger partial charge in [0.1, 0.15) is 23.3 Å². The van der Waals surface area contributed by atoms with Crippen LogP contribution >= 0.6 is 0 Å². The first-order chi connectivity index (χ1) is 15.9. The van der Waals surface area contributed by atoms with Crippen LogP contribution < -0.4 is 9.80 Å². The Morgan fingerprint density at radius 1 is 0.406 bits per heavy atom. The minimum Gasteiger partial charge on any atom is -0.311 e. The maximum absolute atomic E-state index is 4.53. The van der Waals surface area contributed by atoms with Crippen molar-refractivity contribution in [2.45, 2.75) is 25.7 Å². The van der Waals surface area contributed by atoms with Gasteiger partial charge in [-0.2, -0.15) is 0 Å². The van der Waals surface area contributed by atoms with Gasteiger partial charge in [0.05, 0.1) is 0 Å². The SMILES string of the molecule is c1ccc(N(CCCCCCN(c2ccccn2)c2ccccn2)c2ccccn2)nc1. The van der Waals surface area contributed by atoms with E-state index >= 15 is 0 Å². The fourth-order valence-electron chi connectivity index (χ4n) is 3.64. The van der Waals surface area contributed by atoms with Gasteiger partial charge in [0, 0.05) is 37.9 Å². The molecule has 0 bridgehead atoms. The molecule has 4 heterocycles. The molecule has 0 saturated carbocycles. The third-order valence-electron chi connectivity index (χ3n) is 5.22. The highest BCUT2D eigenvalue weighted by molar-refractivity contribution is 5.56. The Kier molecular flexibility index (Phi) is 7.74. The van der Waals surface area contributed by atoms with Crippen LogP contribution in [0.1, 0.15) is 25.7 Å². The summed E-state index contributed by atoms with van der Waals surface area (Å²) in [5, 5.41) is 0. The van der Waals surface area contributed by atoms with Gasteiger partial charge in [0.2, 0.25) is 0 Å². The van der Waals surface area contributed by atoms with Gasteiger partial charge in [0.25, 0.3) is 0 Å². The van der Waals surface area contributed by atoms with Crippen molar-refractivity contribution < 1.29 is 0 Å². The first-order valence-electron chi connectivity index (χ1n) is 11.1. The molecule has 0 aliphatic heterocycles. The average Bonchev–Trinajstić information content (AvgIpc) is 2.88. The number of pyridine rings is 4. The highest BCUT2D eigenvalue weighted by atomic mass is 15.2. The second-order valence-electron chi connectivity index (χ2n) is 7.47. The summed E-state index contributed by atoms with van der Waals surface area (Å²) in [4.78, 5) is 22.5. The zero-order valence-electron chi connectivity index (χ0n) is 18.2. The summed E-state index contributed by atoms with van der Waals surface area (Å²) in [5.74, 6) is 3.73. The van der Waals surface area contributed by atoms with Crippen LogP contribution in [0.5, 0.6) is 0 Å². The van der Waals surface area contributed by atoms with Crippen LogP contribution in [0.25, 0.3) is 0 Å². The molecule has 0 unspecified atom stereocenters. The number of aromatic nitrogens is 4. The van der Waals surface area contributed by atoms with Gasteiger partial charge in [-0.3, -0.25) is 0 Å². The Balaban J connectivity index is 1.31. The lowest BCUT2D eigenvalue weighted by atomic mass is 10.1. The quantitative estimate of drug-likeness (QED) is 0.284. The molecule has 0 amide bonds. The molecule has 0 N–H and O–H groups in total. The summed E-state index contributed by atoms with van der Waals surface area (Å²) in [6, 6.07) is 24.0. The van der Waals surface area contributed by atoms with Crippen molar-refractivity contribution in [1.29, 1.82) is 0 Å². The van der Waals surface area contributed by atoms with Crippen LogP contribution in [0.4, 0.5) is 23.3 Å². The molecule has 0 atom stereocenters. The summed E-state index contributed by atoms with van der Waals surface area (Å²) >= 11 is 0. The van der Waals surface area contributed by atoms with Gasteiger partial charge in [0.15, 0.2) is 0 Å². The molecule has 4 aromatic rings. The molecule has 6 heteroatoms. The van der Waals surface area contributed by atoms with Crippen molar-refractivity contribution in [1.82, 2.24) is 19.9 Å². The molecule has 4 rings (SSSR count). The molecule has 0 spiro atoms. The van der Waals surface area contributed by atoms with Crippen LogP contribution in [-0.2, 0) is 0 Å². The van der Waals surface area contributed by atoms with E-state index in [9.17, 15) is 0 Å². The van der Waals surface area contributed by atoms with E-state index in [1.54, 1.807) is 0 Å². The van der Waals surface area contributed by atoms with E-state index in [4.69, 9.17) is 0 Å². The Labute approximate surface area is 189 Å². The Morgan fingerprint density at radius 3 is 0.969 bits per heavy atom. The minimum atomic E-state index is 0.887. The van der Waals surface area contributed by atoms with E-state index < -0.39 is 0 Å². The van der Waals surface area contributed by atoms with Crippen LogP contribution in [0.3, 0.4) is 0 Å². The lowest BCUT2D eigenvalue weighted by Gasteiger charge is -2.23. The number of rotatable bonds is 11. The molecule has 0 aliphatic carbocycles. The largest absolute Gasteiger partial charge is 0.311 e. The van der Waals surface area contributed by atoms with E-state index in [2.05, 4.69) is 29.7 Å². The summed E-state index contributed by atoms with van der Waals surface area (Å²) in [7, 11) is 0. The molecule has 0 aliphatic rings. The summed E-state index contributed by atoms with van der Waals surface area (Å²) in [6.45, 7) is 1.77. The lowest BCUT2D eigenvalue weighted by molar-refractivity contribution is 0.639. The topological polar surface area (TPSA) is 58.0 Å². The molecule has 162 valence electrons. The van der Waals surface area contributed by atoms with Crippen molar-refractivity contribution in [2.75, 3.05) is 22.9 Å². The summed E-state index contributed by atoms with van der Waals surface area (Å²) < 4.78 is 0. The van der Waals surface area contributed by atoms with Crippen molar-refractivity contribution in [3.05, 3.63) is 97.6 Å². The van der Waals surface area contributed by atoms with Gasteiger partial charge < -0.3 is 9.80 Å². The summed E-state index contributed by atoms with van der Waals surface area (Å²) in [5.41, 5.74) is 0. The maximum Gasteiger partial charge on any atom is 0.134 e. The molecule has 0 radical (unpaired) electrons. The summed E-state index contributed by atoms with van der Waals surface area (Å²) in [6.07, 6.45) is 11.7. The second kappa shape index (κ2) is 11.6. The number of nitrogens with zero attached hydrogens (tertiary/aromatic N) is 6. The first kappa shape index (κ1) is 21.4. The molecular weight excluding hydrogens is 396 g/mol. The van der Waals surface area contributed by atoms with E-state index in [1.807, 2.05) is 97.6 Å². The third kappa shape index (κ3) is 5.88. The van der Waals surface area contributed by atoms with Crippen LogP contribution in [-0.4, -0.2) is 33.0 Å². The minimum absolute atomic E-state index is 0.887. The number of unbranched alkanes of at least 4 members (excludes halogenated alkanes) is 3. The average molecular weight is 425 g/mol. The third-order valence-corrected chi connectivity index (χ3v) is 5.22. The highest BCUT2D eigenvalue weighted by Crippen LogP contribution is 2.23. The standard InChI is InChI=1S/C26H28N6/c1(11-21-31(23-13-3-7-17-27-23)24-14-4-8-18-28-24)2-12-22-32(25-15-5-9-19-29-25)26-16-6-10-20-30-26/h3-10,13-20H,1-2,11-12,21-22H2. The maximum atomic E-state index is 4.53. The van der Waals surface area contributed by atoms with Gasteiger partial charge in [-0.15, -0.1) is 0 Å². The zero-order valence-corrected chi connectivity index (χ0v) is 18.2. The smallest absolute Gasteiger partial charge is 0.134 e. The van der Waals surface area contributed by atoms with Crippen molar-refractivity contribution in [3.63, 3.8) is 0 Å². The van der Waals surface area contributed by atoms with Crippen LogP contribution in [0, 0.1) is 0 Å². The van der Waals surface area contributed by atoms with Crippen molar-refractivity contribution in [3.8, 4) is 0 Å². The van der Waals surface area contributed by atoms with E-state index in [0.717, 1.165) is 62.0 Å². The van der Waals surface area contributed by atoms with Crippen molar-refractivity contribution >= 4 is 23.3 Å². The Hall–Kier alpha value is -3.80. The molecule has 4 aromatic heterocycles. The van der Waals surface area contributed by atoms with Crippen LogP contribution in [0.2, 0.25) is 0 Å². The molecular formula is C26H28N6. The monoisotopic (exact) mass is 424 g/mol. The number of hydrogen-bond acceptors (Lipinski definition) is 6. The predicted molar refractivity (Wildman–Crippen MR) is 129 cm³/mol. The molecule has 32 heavy (non-hydrogen) atoms. The van der Waals surface area contributed by atoms with Crippen molar-refractivity contribution in [2.24, 2.45) is 0 Å². The zero-order chi connectivity index (χ0) is 21.8. The second-order valence-corrected chi connectivity index (χ2v) is 7.47. The molecule has 0 fully saturated rings. The predicted octanol–water partition coefficient (Wildman–Crippen LogP) is 5.80. The van der Waals surface area contributed by atoms with E-state index in [-0.39, 0.29) is 0 Å². The van der Waals surface area contributed by atoms with Gasteiger partial charge >= 0.3 is 0 Å². The highest BCUT2D eigenvalue weighted by Gasteiger charge is 2.12. The normalized spacial score (nSPS) is 10.6. The van der Waals surface area contributed by atoms with E-state index in [1.165, 1.54) is 0 Å². The van der Waals surface area contributed by atoms with Gasteiger partial charge in [-0.05, 0) is 61.4 Å². The lowest BCUT2D eigenvalue weighted by Crippen LogP contribution is -2.21. The molecule has 0 aromatic carbocycles. The number of anilines is 4. The molecule has 0 saturated heterocycles. The molecule has 6 nitrogen and oxygen atoms in total. The number of hydrogen-bond donors (Lipinski definition) is 0. The van der Waals surface area contributed by atoms with Gasteiger partial charge in [-0.25, -0.2) is 19.9 Å². The first-order valence-corrected chi connectivity index (χ1v) is 11.1. The Morgan fingerprint density at radius 2 is 0.719 bits per heavy atom. The van der Waals surface area contributed by atoms with E-state index in [0.29, 0.717) is 0 Å². The van der Waals surface area contributed by atoms with Crippen LogP contribution in [0.15, 0.2) is 97.6 Å². The fourth-order valence-corrected chi connectivity index (χ4v) is 3.64.